The van der Waals surface area contributed by atoms with Crippen LogP contribution in [0.25, 0.3) is 0 Å². The zero-order valence-corrected chi connectivity index (χ0v) is 16.1. The molecule has 1 aromatic rings. The maximum atomic E-state index is 12.6. The Morgan fingerprint density at radius 3 is 2.42 bits per heavy atom. The van der Waals surface area contributed by atoms with Crippen LogP contribution < -0.4 is 10.6 Å². The molecule has 2 heterocycles. The number of anilines is 1. The highest BCUT2D eigenvalue weighted by Crippen LogP contribution is 2.28. The van der Waals surface area contributed by atoms with Gasteiger partial charge in [-0.05, 0) is 57.0 Å². The molecule has 0 bridgehead atoms. The Labute approximate surface area is 164 Å². The molecule has 2 saturated heterocycles. The minimum Gasteiger partial charge on any atom is -0.506 e. The van der Waals surface area contributed by atoms with Gasteiger partial charge in [-0.15, -0.1) is 12.4 Å². The molecule has 2 amide bonds. The van der Waals surface area contributed by atoms with Gasteiger partial charge in [-0.25, -0.2) is 0 Å². The maximum Gasteiger partial charge on any atom is 0.227 e. The van der Waals surface area contributed by atoms with Crippen LogP contribution in [-0.2, 0) is 9.59 Å². The van der Waals surface area contributed by atoms with Gasteiger partial charge in [0.1, 0.15) is 5.75 Å². The van der Waals surface area contributed by atoms with Crippen LogP contribution in [0.4, 0.5) is 5.69 Å². The van der Waals surface area contributed by atoms with Crippen molar-refractivity contribution in [2.45, 2.75) is 25.7 Å². The average molecular weight is 402 g/mol. The van der Waals surface area contributed by atoms with E-state index in [0.717, 1.165) is 25.9 Å². The van der Waals surface area contributed by atoms with E-state index in [9.17, 15) is 14.7 Å². The molecule has 0 saturated carbocycles. The number of aromatic hydroxyl groups is 1. The first-order valence-electron chi connectivity index (χ1n) is 8.83. The lowest BCUT2D eigenvalue weighted by Crippen LogP contribution is -2.46. The third-order valence-electron chi connectivity index (χ3n) is 5.08. The van der Waals surface area contributed by atoms with Gasteiger partial charge in [0, 0.05) is 29.9 Å². The number of nitrogens with zero attached hydrogens (tertiary/aromatic N) is 1. The lowest BCUT2D eigenvalue weighted by molar-refractivity contribution is -0.139. The third kappa shape index (κ3) is 5.02. The van der Waals surface area contributed by atoms with Gasteiger partial charge in [0.25, 0.3) is 0 Å². The fourth-order valence-corrected chi connectivity index (χ4v) is 3.70. The fourth-order valence-electron chi connectivity index (χ4n) is 3.53. The number of piperidine rings is 2. The molecule has 1 aromatic carbocycles. The molecule has 0 atom stereocenters. The van der Waals surface area contributed by atoms with E-state index in [4.69, 9.17) is 11.6 Å². The first-order valence-corrected chi connectivity index (χ1v) is 9.21. The Morgan fingerprint density at radius 2 is 1.77 bits per heavy atom. The number of hydrogen-bond donors (Lipinski definition) is 3. The number of carbonyl (C=O) groups excluding carboxylic acids is 2. The zero-order valence-electron chi connectivity index (χ0n) is 14.5. The molecular weight excluding hydrogens is 377 g/mol. The highest BCUT2D eigenvalue weighted by molar-refractivity contribution is 6.31. The van der Waals surface area contributed by atoms with Gasteiger partial charge in [-0.1, -0.05) is 11.6 Å². The molecule has 0 aromatic heterocycles. The Balaban J connectivity index is 0.00000243. The summed E-state index contributed by atoms with van der Waals surface area (Å²) < 4.78 is 0. The van der Waals surface area contributed by atoms with Crippen LogP contribution in [0, 0.1) is 11.8 Å². The van der Waals surface area contributed by atoms with E-state index < -0.39 is 0 Å². The number of likely N-dealkylation sites (tertiary alicyclic amines) is 1. The van der Waals surface area contributed by atoms with Crippen molar-refractivity contribution in [3.63, 3.8) is 0 Å². The first kappa shape index (κ1) is 20.8. The Hall–Kier alpha value is -1.50. The molecule has 0 unspecified atom stereocenters. The number of phenolic OH excluding ortho intramolecular Hbond substituents is 1. The number of phenols is 1. The summed E-state index contributed by atoms with van der Waals surface area (Å²) in [6.45, 7) is 3.03. The highest BCUT2D eigenvalue weighted by Gasteiger charge is 2.31. The van der Waals surface area contributed by atoms with E-state index in [1.165, 1.54) is 12.1 Å². The van der Waals surface area contributed by atoms with Crippen molar-refractivity contribution < 1.29 is 14.7 Å². The van der Waals surface area contributed by atoms with Crippen LogP contribution in [-0.4, -0.2) is 48.0 Å². The molecule has 144 valence electrons. The summed E-state index contributed by atoms with van der Waals surface area (Å²) >= 11 is 5.90. The number of rotatable bonds is 3. The Kier molecular flexibility index (Phi) is 7.55. The van der Waals surface area contributed by atoms with Gasteiger partial charge in [0.2, 0.25) is 11.8 Å². The second kappa shape index (κ2) is 9.44. The molecule has 3 rings (SSSR count). The van der Waals surface area contributed by atoms with E-state index in [-0.39, 0.29) is 41.8 Å². The summed E-state index contributed by atoms with van der Waals surface area (Å²) in [5, 5.41) is 16.3. The van der Waals surface area contributed by atoms with Gasteiger partial charge < -0.3 is 20.6 Å². The van der Waals surface area contributed by atoms with Crippen LogP contribution in [0.3, 0.4) is 0 Å². The van der Waals surface area contributed by atoms with Gasteiger partial charge in [0.15, 0.2) is 0 Å². The third-order valence-corrected chi connectivity index (χ3v) is 5.32. The quantitative estimate of drug-likeness (QED) is 0.679. The van der Waals surface area contributed by atoms with E-state index in [0.29, 0.717) is 36.6 Å². The van der Waals surface area contributed by atoms with Crippen molar-refractivity contribution in [2.75, 3.05) is 31.5 Å². The number of halogens is 2. The summed E-state index contributed by atoms with van der Waals surface area (Å²) in [5.74, 6) is 0.0566. The standard InChI is InChI=1S/C18H24ClN3O3.ClH/c19-14-1-2-16(23)15(11-14)21-17(24)12-5-9-22(10-6-12)18(25)13-3-7-20-8-4-13;/h1-2,11-13,20,23H,3-10H2,(H,21,24);1H. The van der Waals surface area contributed by atoms with Crippen LogP contribution >= 0.6 is 24.0 Å². The number of hydrogen-bond acceptors (Lipinski definition) is 4. The molecular formula is C18H25Cl2N3O3. The first-order chi connectivity index (χ1) is 12.0. The SMILES string of the molecule is Cl.O=C(Nc1cc(Cl)ccc1O)C1CCN(C(=O)C2CCNCC2)CC1. The lowest BCUT2D eigenvalue weighted by Gasteiger charge is -2.34. The smallest absolute Gasteiger partial charge is 0.227 e. The van der Waals surface area contributed by atoms with Crippen molar-refractivity contribution in [1.29, 1.82) is 0 Å². The minimum absolute atomic E-state index is 0. The maximum absolute atomic E-state index is 12.6. The summed E-state index contributed by atoms with van der Waals surface area (Å²) in [7, 11) is 0. The Morgan fingerprint density at radius 1 is 1.12 bits per heavy atom. The summed E-state index contributed by atoms with van der Waals surface area (Å²) in [6, 6.07) is 4.56. The summed E-state index contributed by atoms with van der Waals surface area (Å²) in [5.41, 5.74) is 0.325. The predicted octanol–water partition coefficient (Wildman–Crippen LogP) is 2.64. The van der Waals surface area contributed by atoms with E-state index in [2.05, 4.69) is 10.6 Å². The molecule has 6 nitrogen and oxygen atoms in total. The molecule has 2 aliphatic rings. The second-order valence-corrected chi connectivity index (χ2v) is 7.21. The molecule has 0 aliphatic carbocycles. The predicted molar refractivity (Wildman–Crippen MR) is 104 cm³/mol. The molecule has 0 spiro atoms. The van der Waals surface area contributed by atoms with E-state index >= 15 is 0 Å². The van der Waals surface area contributed by atoms with E-state index in [1.807, 2.05) is 4.90 Å². The summed E-state index contributed by atoms with van der Waals surface area (Å²) in [6.07, 6.45) is 3.08. The topological polar surface area (TPSA) is 81.7 Å². The molecule has 3 N–H and O–H groups in total. The molecule has 2 aliphatic heterocycles. The van der Waals surface area contributed by atoms with Crippen LogP contribution in [0.5, 0.6) is 5.75 Å². The zero-order chi connectivity index (χ0) is 17.8. The Bertz CT molecular complexity index is 643. The number of amides is 2. The fraction of sp³-hybridized carbons (Fsp3) is 0.556. The second-order valence-electron chi connectivity index (χ2n) is 6.77. The van der Waals surface area contributed by atoms with Crippen molar-refractivity contribution >= 4 is 41.5 Å². The highest BCUT2D eigenvalue weighted by atomic mass is 35.5. The lowest BCUT2D eigenvalue weighted by atomic mass is 9.92. The van der Waals surface area contributed by atoms with Gasteiger partial charge in [-0.3, -0.25) is 9.59 Å². The molecule has 2 fully saturated rings. The summed E-state index contributed by atoms with van der Waals surface area (Å²) in [4.78, 5) is 26.9. The van der Waals surface area contributed by atoms with Crippen LogP contribution in [0.1, 0.15) is 25.7 Å². The van der Waals surface area contributed by atoms with Crippen molar-refractivity contribution in [2.24, 2.45) is 11.8 Å². The monoisotopic (exact) mass is 401 g/mol. The number of benzene rings is 1. The molecule has 0 radical (unpaired) electrons. The van der Waals surface area contributed by atoms with Crippen molar-refractivity contribution in [1.82, 2.24) is 10.2 Å². The van der Waals surface area contributed by atoms with E-state index in [1.54, 1.807) is 6.07 Å². The average Bonchev–Trinajstić information content (AvgIpc) is 2.65. The minimum atomic E-state index is -0.157. The number of nitrogens with one attached hydrogen (secondary N) is 2. The van der Waals surface area contributed by atoms with Gasteiger partial charge >= 0.3 is 0 Å². The van der Waals surface area contributed by atoms with Crippen LogP contribution in [0.15, 0.2) is 18.2 Å². The largest absolute Gasteiger partial charge is 0.506 e. The molecule has 8 heteroatoms. The van der Waals surface area contributed by atoms with Crippen molar-refractivity contribution in [3.8, 4) is 5.75 Å². The molecule has 26 heavy (non-hydrogen) atoms. The van der Waals surface area contributed by atoms with Gasteiger partial charge in [0.05, 0.1) is 5.69 Å². The van der Waals surface area contributed by atoms with Crippen molar-refractivity contribution in [3.05, 3.63) is 23.2 Å². The number of carbonyl (C=O) groups is 2. The van der Waals surface area contributed by atoms with Gasteiger partial charge in [-0.2, -0.15) is 0 Å². The van der Waals surface area contributed by atoms with Crippen LogP contribution in [0.2, 0.25) is 5.02 Å². The normalized spacial score (nSPS) is 18.9.